The van der Waals surface area contributed by atoms with Gasteiger partial charge in [-0.3, -0.25) is 19.1 Å². The largest absolute Gasteiger partial charge is 0.373 e. The third kappa shape index (κ3) is 5.95. The van der Waals surface area contributed by atoms with Crippen molar-refractivity contribution in [2.24, 2.45) is 5.92 Å². The van der Waals surface area contributed by atoms with Crippen LogP contribution in [0.25, 0.3) is 22.3 Å². The molecule has 202 valence electrons. The topological polar surface area (TPSA) is 76.5 Å². The zero-order chi connectivity index (χ0) is 27.0. The van der Waals surface area contributed by atoms with Gasteiger partial charge in [-0.25, -0.2) is 4.98 Å². The first-order chi connectivity index (χ1) is 18.2. The molecule has 38 heavy (non-hydrogen) atoms. The van der Waals surface area contributed by atoms with Crippen molar-refractivity contribution in [3.05, 3.63) is 63.4 Å². The second-order valence-corrected chi connectivity index (χ2v) is 11.8. The SMILES string of the molecule is CC(C)NC(=O)Cn1c(-c2cccc(Cl)c2)nc2ccc(C3CC(CN4CC(C)OC(C)C4)C3)cc2c1=O. The van der Waals surface area contributed by atoms with E-state index < -0.39 is 0 Å². The number of aromatic nitrogens is 2. The van der Waals surface area contributed by atoms with Gasteiger partial charge in [-0.1, -0.05) is 29.8 Å². The molecular formula is C30H37ClN4O3. The van der Waals surface area contributed by atoms with Crippen molar-refractivity contribution in [2.75, 3.05) is 19.6 Å². The van der Waals surface area contributed by atoms with Gasteiger partial charge in [0.15, 0.2) is 0 Å². The molecule has 1 amide bonds. The molecule has 7 nitrogen and oxygen atoms in total. The molecule has 0 bridgehead atoms. The van der Waals surface area contributed by atoms with Crippen LogP contribution >= 0.6 is 11.6 Å². The molecule has 1 saturated carbocycles. The van der Waals surface area contributed by atoms with Gasteiger partial charge >= 0.3 is 0 Å². The summed E-state index contributed by atoms with van der Waals surface area (Å²) in [6.07, 6.45) is 2.79. The fourth-order valence-electron chi connectivity index (χ4n) is 5.95. The average Bonchev–Trinajstić information content (AvgIpc) is 2.81. The van der Waals surface area contributed by atoms with E-state index in [0.29, 0.717) is 39.1 Å². The van der Waals surface area contributed by atoms with E-state index in [-0.39, 0.29) is 36.3 Å². The van der Waals surface area contributed by atoms with Crippen LogP contribution in [0.2, 0.25) is 5.02 Å². The number of rotatable bonds is 7. The minimum Gasteiger partial charge on any atom is -0.373 e. The minimum absolute atomic E-state index is 0.0247. The summed E-state index contributed by atoms with van der Waals surface area (Å²) < 4.78 is 7.35. The monoisotopic (exact) mass is 536 g/mol. The van der Waals surface area contributed by atoms with Crippen LogP contribution in [0.15, 0.2) is 47.3 Å². The Kier molecular flexibility index (Phi) is 7.89. The van der Waals surface area contributed by atoms with Crippen LogP contribution in [0.5, 0.6) is 0 Å². The van der Waals surface area contributed by atoms with Crippen LogP contribution < -0.4 is 10.9 Å². The van der Waals surface area contributed by atoms with Gasteiger partial charge in [-0.15, -0.1) is 0 Å². The average molecular weight is 537 g/mol. The highest BCUT2D eigenvalue weighted by molar-refractivity contribution is 6.30. The van der Waals surface area contributed by atoms with Crippen molar-refractivity contribution in [1.82, 2.24) is 19.8 Å². The molecule has 5 rings (SSSR count). The van der Waals surface area contributed by atoms with Gasteiger partial charge < -0.3 is 10.1 Å². The maximum absolute atomic E-state index is 13.8. The number of carbonyl (C=O) groups excluding carboxylic acids is 1. The van der Waals surface area contributed by atoms with E-state index in [1.54, 1.807) is 12.1 Å². The van der Waals surface area contributed by atoms with Crippen LogP contribution in [0.1, 0.15) is 52.0 Å². The molecule has 1 N–H and O–H groups in total. The first kappa shape index (κ1) is 26.9. The quantitative estimate of drug-likeness (QED) is 0.467. The summed E-state index contributed by atoms with van der Waals surface area (Å²) in [4.78, 5) is 33.9. The molecule has 1 aliphatic carbocycles. The second-order valence-electron chi connectivity index (χ2n) is 11.3. The van der Waals surface area contributed by atoms with E-state index in [4.69, 9.17) is 21.3 Å². The lowest BCUT2D eigenvalue weighted by molar-refractivity contribution is -0.122. The Morgan fingerprint density at radius 3 is 2.55 bits per heavy atom. The third-order valence-corrected chi connectivity index (χ3v) is 7.77. The van der Waals surface area contributed by atoms with E-state index in [1.807, 2.05) is 38.1 Å². The highest BCUT2D eigenvalue weighted by atomic mass is 35.5. The Balaban J connectivity index is 1.40. The summed E-state index contributed by atoms with van der Waals surface area (Å²) in [5.41, 5.74) is 2.29. The molecule has 0 radical (unpaired) electrons. The maximum atomic E-state index is 13.8. The number of nitrogens with one attached hydrogen (secondary N) is 1. The molecule has 2 fully saturated rings. The van der Waals surface area contributed by atoms with Gasteiger partial charge in [0.1, 0.15) is 12.4 Å². The first-order valence-electron chi connectivity index (χ1n) is 13.6. The number of hydrogen-bond acceptors (Lipinski definition) is 5. The Hall–Kier alpha value is -2.74. The Labute approximate surface area is 229 Å². The lowest BCUT2D eigenvalue weighted by atomic mass is 9.71. The normalized spacial score (nSPS) is 23.9. The Morgan fingerprint density at radius 2 is 1.87 bits per heavy atom. The Bertz CT molecular complexity index is 1370. The Morgan fingerprint density at radius 1 is 1.13 bits per heavy atom. The van der Waals surface area contributed by atoms with Crippen molar-refractivity contribution < 1.29 is 9.53 Å². The highest BCUT2D eigenvalue weighted by Crippen LogP contribution is 2.42. The summed E-state index contributed by atoms with van der Waals surface area (Å²) in [6.45, 7) is 11.1. The zero-order valence-corrected chi connectivity index (χ0v) is 23.4. The molecule has 2 unspecified atom stereocenters. The van der Waals surface area contributed by atoms with Crippen molar-refractivity contribution in [1.29, 1.82) is 0 Å². The van der Waals surface area contributed by atoms with Crippen molar-refractivity contribution in [2.45, 2.75) is 71.2 Å². The van der Waals surface area contributed by atoms with Gasteiger partial charge in [-0.05, 0) is 82.2 Å². The van der Waals surface area contributed by atoms with Crippen molar-refractivity contribution in [3.8, 4) is 11.4 Å². The number of nitrogens with zero attached hydrogens (tertiary/aromatic N) is 3. The number of amides is 1. The molecule has 8 heteroatoms. The highest BCUT2D eigenvalue weighted by Gasteiger charge is 2.33. The molecular weight excluding hydrogens is 500 g/mol. The summed E-state index contributed by atoms with van der Waals surface area (Å²) in [7, 11) is 0. The first-order valence-corrected chi connectivity index (χ1v) is 14.0. The molecule has 2 heterocycles. The molecule has 2 aliphatic rings. The van der Waals surface area contributed by atoms with Crippen LogP contribution in [0.3, 0.4) is 0 Å². The number of carbonyl (C=O) groups is 1. The van der Waals surface area contributed by atoms with Crippen molar-refractivity contribution >= 4 is 28.4 Å². The fraction of sp³-hybridized carbons (Fsp3) is 0.500. The van der Waals surface area contributed by atoms with Gasteiger partial charge in [0.25, 0.3) is 5.56 Å². The molecule has 1 aliphatic heterocycles. The van der Waals surface area contributed by atoms with Gasteiger partial charge in [0.05, 0.1) is 23.1 Å². The number of benzene rings is 2. The van der Waals surface area contributed by atoms with Crippen LogP contribution in [-0.2, 0) is 16.1 Å². The van der Waals surface area contributed by atoms with Crippen LogP contribution in [0, 0.1) is 5.92 Å². The zero-order valence-electron chi connectivity index (χ0n) is 22.6. The molecule has 1 aromatic heterocycles. The lowest BCUT2D eigenvalue weighted by Gasteiger charge is -2.42. The summed E-state index contributed by atoms with van der Waals surface area (Å²) >= 11 is 6.24. The fourth-order valence-corrected chi connectivity index (χ4v) is 6.14. The maximum Gasteiger partial charge on any atom is 0.262 e. The third-order valence-electron chi connectivity index (χ3n) is 7.53. The second kappa shape index (κ2) is 11.2. The van der Waals surface area contributed by atoms with Crippen LogP contribution in [0.4, 0.5) is 0 Å². The predicted molar refractivity (Wildman–Crippen MR) is 152 cm³/mol. The smallest absolute Gasteiger partial charge is 0.262 e. The van der Waals surface area contributed by atoms with E-state index >= 15 is 0 Å². The predicted octanol–water partition coefficient (Wildman–Crippen LogP) is 4.84. The summed E-state index contributed by atoms with van der Waals surface area (Å²) in [5.74, 6) is 1.31. The summed E-state index contributed by atoms with van der Waals surface area (Å²) in [5, 5.41) is 3.98. The summed E-state index contributed by atoms with van der Waals surface area (Å²) in [6, 6.07) is 13.2. The van der Waals surface area contributed by atoms with E-state index in [2.05, 4.69) is 30.1 Å². The number of hydrogen-bond donors (Lipinski definition) is 1. The van der Waals surface area contributed by atoms with Gasteiger partial charge in [0, 0.05) is 36.3 Å². The van der Waals surface area contributed by atoms with Gasteiger partial charge in [0.2, 0.25) is 5.91 Å². The number of halogens is 1. The van der Waals surface area contributed by atoms with E-state index in [0.717, 1.165) is 32.5 Å². The standard InChI is InChI=1S/C30H37ClN4O3/c1-18(2)32-28(36)17-35-29(23-6-5-7-25(31)12-23)33-27-9-8-22(13-26(27)30(35)37)24-10-21(11-24)16-34-14-19(3)38-20(4)15-34/h5-9,12-13,18-21,24H,10-11,14-17H2,1-4H3,(H,32,36). The molecule has 3 aromatic rings. The lowest BCUT2D eigenvalue weighted by Crippen LogP contribution is -2.48. The minimum atomic E-state index is -0.226. The molecule has 0 spiro atoms. The van der Waals surface area contributed by atoms with E-state index in [9.17, 15) is 9.59 Å². The van der Waals surface area contributed by atoms with Crippen LogP contribution in [-0.4, -0.2) is 58.2 Å². The number of morpholine rings is 1. The van der Waals surface area contributed by atoms with Gasteiger partial charge in [-0.2, -0.15) is 0 Å². The molecule has 1 saturated heterocycles. The number of fused-ring (bicyclic) bond motifs is 1. The number of ether oxygens (including phenoxy) is 1. The van der Waals surface area contributed by atoms with E-state index in [1.165, 1.54) is 10.1 Å². The van der Waals surface area contributed by atoms with Crippen molar-refractivity contribution in [3.63, 3.8) is 0 Å². The molecule has 2 aromatic carbocycles. The molecule has 2 atom stereocenters.